The van der Waals surface area contributed by atoms with Crippen molar-refractivity contribution in [1.82, 2.24) is 5.32 Å². The minimum atomic E-state index is -3.91. The van der Waals surface area contributed by atoms with Gasteiger partial charge in [0.25, 0.3) is 0 Å². The highest BCUT2D eigenvalue weighted by Crippen LogP contribution is 2.28. The van der Waals surface area contributed by atoms with Crippen molar-refractivity contribution in [2.24, 2.45) is 0 Å². The van der Waals surface area contributed by atoms with E-state index in [1.54, 1.807) is 0 Å². The van der Waals surface area contributed by atoms with Crippen LogP contribution in [-0.2, 0) is 19.7 Å². The van der Waals surface area contributed by atoms with Crippen LogP contribution >= 0.6 is 0 Å². The SMILES string of the molecule is CC(N[C@@H]1CS(=O)(=O)C[C@H]1S(=O)(=O)c1ccc(F)cc1)c1ccccc1. The van der Waals surface area contributed by atoms with Gasteiger partial charge < -0.3 is 5.32 Å². The molecule has 0 bridgehead atoms. The van der Waals surface area contributed by atoms with Crippen molar-refractivity contribution in [1.29, 1.82) is 0 Å². The molecule has 1 N–H and O–H groups in total. The summed E-state index contributed by atoms with van der Waals surface area (Å²) < 4.78 is 63.3. The lowest BCUT2D eigenvalue weighted by Crippen LogP contribution is -2.44. The van der Waals surface area contributed by atoms with E-state index in [-0.39, 0.29) is 16.7 Å². The van der Waals surface area contributed by atoms with Crippen LogP contribution in [0.15, 0.2) is 59.5 Å². The van der Waals surface area contributed by atoms with Crippen LogP contribution in [0, 0.1) is 5.82 Å². The largest absolute Gasteiger partial charge is 0.305 e. The van der Waals surface area contributed by atoms with Crippen molar-refractivity contribution in [3.63, 3.8) is 0 Å². The monoisotopic (exact) mass is 397 g/mol. The summed E-state index contributed by atoms with van der Waals surface area (Å²) in [6.45, 7) is 1.86. The van der Waals surface area contributed by atoms with E-state index in [4.69, 9.17) is 0 Å². The van der Waals surface area contributed by atoms with E-state index >= 15 is 0 Å². The van der Waals surface area contributed by atoms with Gasteiger partial charge in [0.05, 0.1) is 21.7 Å². The van der Waals surface area contributed by atoms with Gasteiger partial charge in [0, 0.05) is 12.1 Å². The average Bonchev–Trinajstić information content (AvgIpc) is 2.91. The van der Waals surface area contributed by atoms with Crippen LogP contribution in [0.25, 0.3) is 0 Å². The molecule has 1 aliphatic heterocycles. The maximum absolute atomic E-state index is 13.1. The van der Waals surface area contributed by atoms with Gasteiger partial charge in [0.15, 0.2) is 19.7 Å². The molecule has 1 unspecified atom stereocenters. The predicted octanol–water partition coefficient (Wildman–Crippen LogP) is 2.12. The molecule has 0 aliphatic carbocycles. The molecule has 0 aromatic heterocycles. The molecule has 0 radical (unpaired) electrons. The van der Waals surface area contributed by atoms with E-state index in [1.807, 2.05) is 37.3 Å². The third kappa shape index (κ3) is 3.97. The zero-order valence-corrected chi connectivity index (χ0v) is 15.8. The molecule has 3 rings (SSSR count). The van der Waals surface area contributed by atoms with Gasteiger partial charge in [-0.2, -0.15) is 0 Å². The van der Waals surface area contributed by atoms with Crippen LogP contribution < -0.4 is 5.32 Å². The Labute approximate surface area is 153 Å². The Kier molecular flexibility index (Phi) is 5.18. The molecule has 140 valence electrons. The third-order valence-electron chi connectivity index (χ3n) is 4.60. The van der Waals surface area contributed by atoms with Gasteiger partial charge in [-0.3, -0.25) is 0 Å². The number of benzene rings is 2. The Morgan fingerprint density at radius 3 is 2.27 bits per heavy atom. The minimum Gasteiger partial charge on any atom is -0.305 e. The molecule has 5 nitrogen and oxygen atoms in total. The summed E-state index contributed by atoms with van der Waals surface area (Å²) >= 11 is 0. The highest BCUT2D eigenvalue weighted by Gasteiger charge is 2.46. The quantitative estimate of drug-likeness (QED) is 0.782. The minimum absolute atomic E-state index is 0.0693. The second-order valence-electron chi connectivity index (χ2n) is 6.52. The first-order valence-corrected chi connectivity index (χ1v) is 11.6. The van der Waals surface area contributed by atoms with Gasteiger partial charge in [-0.25, -0.2) is 21.2 Å². The number of hydrogen-bond acceptors (Lipinski definition) is 5. The lowest BCUT2D eigenvalue weighted by atomic mass is 10.1. The number of rotatable bonds is 5. The summed E-state index contributed by atoms with van der Waals surface area (Å²) in [6, 6.07) is 12.9. The fourth-order valence-electron chi connectivity index (χ4n) is 3.23. The molecule has 1 aliphatic rings. The van der Waals surface area contributed by atoms with Crippen LogP contribution in [0.2, 0.25) is 0 Å². The second-order valence-corrected chi connectivity index (χ2v) is 10.8. The standard InChI is InChI=1S/C18H20FNO4S2/c1-13(14-5-3-2-4-6-14)20-17-11-25(21,22)12-18(17)26(23,24)16-9-7-15(19)8-10-16/h2-10,13,17-18,20H,11-12H2,1H3/t13?,17-,18-/m1/s1. The Bertz CT molecular complexity index is 974. The van der Waals surface area contributed by atoms with Crippen molar-refractivity contribution in [3.05, 3.63) is 66.0 Å². The number of sulfone groups is 2. The molecule has 3 atom stereocenters. The highest BCUT2D eigenvalue weighted by molar-refractivity contribution is 7.96. The van der Waals surface area contributed by atoms with E-state index in [0.29, 0.717) is 0 Å². The van der Waals surface area contributed by atoms with Gasteiger partial charge in [0.1, 0.15) is 5.82 Å². The van der Waals surface area contributed by atoms with Crippen molar-refractivity contribution in [3.8, 4) is 0 Å². The van der Waals surface area contributed by atoms with E-state index in [9.17, 15) is 21.2 Å². The van der Waals surface area contributed by atoms with Gasteiger partial charge >= 0.3 is 0 Å². The summed E-state index contributed by atoms with van der Waals surface area (Å²) in [6.07, 6.45) is 0. The first-order chi connectivity index (χ1) is 12.2. The zero-order valence-electron chi connectivity index (χ0n) is 14.2. The maximum atomic E-state index is 13.1. The van der Waals surface area contributed by atoms with E-state index in [0.717, 1.165) is 17.7 Å². The highest BCUT2D eigenvalue weighted by atomic mass is 32.2. The van der Waals surface area contributed by atoms with Crippen molar-refractivity contribution < 1.29 is 21.2 Å². The third-order valence-corrected chi connectivity index (χ3v) is 8.77. The lowest BCUT2D eigenvalue weighted by Gasteiger charge is -2.24. The van der Waals surface area contributed by atoms with Crippen molar-refractivity contribution in [2.75, 3.05) is 11.5 Å². The zero-order chi connectivity index (χ0) is 18.9. The smallest absolute Gasteiger partial charge is 0.183 e. The predicted molar refractivity (Wildman–Crippen MR) is 97.8 cm³/mol. The van der Waals surface area contributed by atoms with Crippen LogP contribution in [0.1, 0.15) is 18.5 Å². The number of nitrogens with one attached hydrogen (secondary N) is 1. The first kappa shape index (κ1) is 19.0. The van der Waals surface area contributed by atoms with Crippen LogP contribution in [0.3, 0.4) is 0 Å². The van der Waals surface area contributed by atoms with E-state index in [1.165, 1.54) is 12.1 Å². The van der Waals surface area contributed by atoms with Crippen molar-refractivity contribution >= 4 is 19.7 Å². The topological polar surface area (TPSA) is 80.3 Å². The van der Waals surface area contributed by atoms with Crippen LogP contribution in [0.5, 0.6) is 0 Å². The van der Waals surface area contributed by atoms with Gasteiger partial charge in [-0.15, -0.1) is 0 Å². The summed E-state index contributed by atoms with van der Waals surface area (Å²) in [4.78, 5) is -0.0693. The molecule has 8 heteroatoms. The Hall–Kier alpha value is -1.77. The van der Waals surface area contributed by atoms with Crippen LogP contribution in [0.4, 0.5) is 4.39 Å². The molecule has 26 heavy (non-hydrogen) atoms. The fraction of sp³-hybridized carbons (Fsp3) is 0.333. The average molecular weight is 397 g/mol. The molecular weight excluding hydrogens is 377 g/mol. The summed E-state index contributed by atoms with van der Waals surface area (Å²) in [5, 5.41) is 2.05. The molecule has 2 aromatic rings. The Balaban J connectivity index is 1.90. The summed E-state index contributed by atoms with van der Waals surface area (Å²) in [7, 11) is -7.40. The number of hydrogen-bond donors (Lipinski definition) is 1. The first-order valence-electron chi connectivity index (χ1n) is 8.20. The maximum Gasteiger partial charge on any atom is 0.183 e. The lowest BCUT2D eigenvalue weighted by molar-refractivity contribution is 0.475. The second kappa shape index (κ2) is 7.09. The molecular formula is C18H20FNO4S2. The molecule has 2 aromatic carbocycles. The number of halogens is 1. The van der Waals surface area contributed by atoms with Gasteiger partial charge in [-0.05, 0) is 36.8 Å². The molecule has 1 fully saturated rings. The van der Waals surface area contributed by atoms with Gasteiger partial charge in [-0.1, -0.05) is 30.3 Å². The van der Waals surface area contributed by atoms with E-state index < -0.39 is 42.5 Å². The molecule has 1 heterocycles. The van der Waals surface area contributed by atoms with Crippen molar-refractivity contribution in [2.45, 2.75) is 29.2 Å². The Morgan fingerprint density at radius 1 is 1.04 bits per heavy atom. The molecule has 0 spiro atoms. The van der Waals surface area contributed by atoms with E-state index in [2.05, 4.69) is 5.32 Å². The van der Waals surface area contributed by atoms with Gasteiger partial charge in [0.2, 0.25) is 0 Å². The molecule has 1 saturated heterocycles. The Morgan fingerprint density at radius 2 is 1.65 bits per heavy atom. The molecule has 0 amide bonds. The fourth-order valence-corrected chi connectivity index (χ4v) is 7.91. The molecule has 0 saturated carbocycles. The summed E-state index contributed by atoms with van der Waals surface area (Å²) in [5.41, 5.74) is 0.940. The van der Waals surface area contributed by atoms with Crippen LogP contribution in [-0.4, -0.2) is 39.6 Å². The summed E-state index contributed by atoms with van der Waals surface area (Å²) in [5.74, 6) is -1.23. The normalized spacial score (nSPS) is 23.6.